The number of piperazine rings is 1. The van der Waals surface area contributed by atoms with Gasteiger partial charge in [-0.3, -0.25) is 25.0 Å². The van der Waals surface area contributed by atoms with Gasteiger partial charge in [0.25, 0.3) is 11.6 Å². The number of rotatable bonds is 5. The Balaban J connectivity index is 1.30. The van der Waals surface area contributed by atoms with E-state index in [1.54, 1.807) is 18.2 Å². The number of hydrogen-bond donors (Lipinski definition) is 2. The van der Waals surface area contributed by atoms with E-state index >= 15 is 0 Å². The van der Waals surface area contributed by atoms with E-state index in [4.69, 9.17) is 16.6 Å². The average Bonchev–Trinajstić information content (AvgIpc) is 3.39. The number of non-ortho nitro benzene ring substituents is 1. The topological polar surface area (TPSA) is 121 Å². The van der Waals surface area contributed by atoms with Gasteiger partial charge in [-0.1, -0.05) is 32.9 Å². The van der Waals surface area contributed by atoms with Gasteiger partial charge in [0.1, 0.15) is 5.76 Å². The summed E-state index contributed by atoms with van der Waals surface area (Å²) in [5.74, 6) is -0.0208. The zero-order valence-corrected chi connectivity index (χ0v) is 22.2. The van der Waals surface area contributed by atoms with Gasteiger partial charge in [-0.15, -0.1) is 0 Å². The summed E-state index contributed by atoms with van der Waals surface area (Å²) in [7, 11) is 0. The highest BCUT2D eigenvalue weighted by Gasteiger charge is 2.29. The molecule has 10 nitrogen and oxygen atoms in total. The highest BCUT2D eigenvalue weighted by molar-refractivity contribution is 7.80. The zero-order valence-electron chi connectivity index (χ0n) is 21.4. The van der Waals surface area contributed by atoms with E-state index in [9.17, 15) is 19.7 Å². The first-order chi connectivity index (χ1) is 18.0. The molecule has 1 aliphatic heterocycles. The Labute approximate surface area is 225 Å². The number of anilines is 2. The van der Waals surface area contributed by atoms with Crippen LogP contribution in [0, 0.1) is 15.5 Å². The van der Waals surface area contributed by atoms with Crippen molar-refractivity contribution in [3.8, 4) is 11.3 Å². The number of benzene rings is 2. The molecule has 0 radical (unpaired) electrons. The first kappa shape index (κ1) is 26.8. The molecule has 2 amide bonds. The number of nitro benzene ring substituents is 1. The molecule has 0 unspecified atom stereocenters. The summed E-state index contributed by atoms with van der Waals surface area (Å²) in [6.45, 7) is 8.69. The van der Waals surface area contributed by atoms with Crippen LogP contribution in [0.5, 0.6) is 0 Å². The van der Waals surface area contributed by atoms with E-state index in [0.29, 0.717) is 30.1 Å². The zero-order chi connectivity index (χ0) is 27.4. The second kappa shape index (κ2) is 11.0. The van der Waals surface area contributed by atoms with Gasteiger partial charge in [0, 0.05) is 60.7 Å². The van der Waals surface area contributed by atoms with Gasteiger partial charge in [-0.2, -0.15) is 0 Å². The summed E-state index contributed by atoms with van der Waals surface area (Å²) < 4.78 is 5.59. The first-order valence-electron chi connectivity index (χ1n) is 12.1. The van der Waals surface area contributed by atoms with Crippen LogP contribution in [-0.4, -0.2) is 52.9 Å². The number of thiocarbonyl (C=S) groups is 1. The van der Waals surface area contributed by atoms with Crippen LogP contribution < -0.4 is 15.5 Å². The van der Waals surface area contributed by atoms with Gasteiger partial charge in [0.05, 0.1) is 4.92 Å². The molecule has 2 N–H and O–H groups in total. The van der Waals surface area contributed by atoms with Crippen molar-refractivity contribution in [2.24, 2.45) is 5.41 Å². The molecule has 1 saturated heterocycles. The molecule has 1 aliphatic rings. The van der Waals surface area contributed by atoms with Crippen molar-refractivity contribution in [2.45, 2.75) is 20.8 Å². The molecular formula is C27H29N5O5S. The third kappa shape index (κ3) is 6.35. The summed E-state index contributed by atoms with van der Waals surface area (Å²) in [6.07, 6.45) is 0. The van der Waals surface area contributed by atoms with Crippen molar-refractivity contribution >= 4 is 46.2 Å². The number of nitro groups is 1. The lowest BCUT2D eigenvalue weighted by molar-refractivity contribution is -0.384. The van der Waals surface area contributed by atoms with Crippen molar-refractivity contribution < 1.29 is 18.9 Å². The molecule has 1 aromatic heterocycles. The first-order valence-corrected chi connectivity index (χ1v) is 12.5. The number of nitrogens with zero attached hydrogens (tertiary/aromatic N) is 3. The highest BCUT2D eigenvalue weighted by atomic mass is 32.1. The maximum absolute atomic E-state index is 12.6. The highest BCUT2D eigenvalue weighted by Crippen LogP contribution is 2.26. The van der Waals surface area contributed by atoms with Gasteiger partial charge < -0.3 is 19.5 Å². The van der Waals surface area contributed by atoms with Crippen LogP contribution in [-0.2, 0) is 4.79 Å². The second-order valence-corrected chi connectivity index (χ2v) is 10.4. The van der Waals surface area contributed by atoms with Crippen molar-refractivity contribution in [1.29, 1.82) is 0 Å². The summed E-state index contributed by atoms with van der Waals surface area (Å²) >= 11 is 5.28. The lowest BCUT2D eigenvalue weighted by atomic mass is 9.94. The molecule has 0 aliphatic carbocycles. The van der Waals surface area contributed by atoms with Gasteiger partial charge in [0.2, 0.25) is 5.91 Å². The molecule has 38 heavy (non-hydrogen) atoms. The Morgan fingerprint density at radius 3 is 2.32 bits per heavy atom. The molecule has 3 aromatic rings. The minimum Gasteiger partial charge on any atom is -0.451 e. The Bertz CT molecular complexity index is 1350. The minimum atomic E-state index is -0.543. The largest absolute Gasteiger partial charge is 0.451 e. The van der Waals surface area contributed by atoms with Gasteiger partial charge in [0.15, 0.2) is 10.9 Å². The Morgan fingerprint density at radius 1 is 1.00 bits per heavy atom. The maximum Gasteiger partial charge on any atom is 0.293 e. The van der Waals surface area contributed by atoms with E-state index in [0.717, 1.165) is 18.8 Å². The van der Waals surface area contributed by atoms with E-state index in [2.05, 4.69) is 15.5 Å². The van der Waals surface area contributed by atoms with Gasteiger partial charge in [-0.25, -0.2) is 0 Å². The Morgan fingerprint density at radius 2 is 1.68 bits per heavy atom. The molecule has 198 valence electrons. The lowest BCUT2D eigenvalue weighted by Gasteiger charge is -2.38. The SMILES string of the molecule is CC(C)(C)C(=O)N1CCN(c2ccc(NC(=S)NC(=O)c3ccc(-c4cccc([N+](=O)[O-])c4)o3)cc2)CC1. The fourth-order valence-electron chi connectivity index (χ4n) is 4.11. The molecular weight excluding hydrogens is 506 g/mol. The smallest absolute Gasteiger partial charge is 0.293 e. The predicted octanol–water partition coefficient (Wildman–Crippen LogP) is 4.68. The number of amides is 2. The third-order valence-electron chi connectivity index (χ3n) is 6.10. The fourth-order valence-corrected chi connectivity index (χ4v) is 4.32. The standard InChI is InChI=1S/C27H29N5O5S/c1-27(2,3)25(34)31-15-13-30(14-16-31)20-9-7-19(8-10-20)28-26(38)29-24(33)23-12-11-22(37-23)18-5-4-6-21(17-18)32(35)36/h4-12,17H,13-16H2,1-3H3,(H2,28,29,33,38). The number of hydrogen-bond acceptors (Lipinski definition) is 7. The van der Waals surface area contributed by atoms with E-state index in [-0.39, 0.29) is 27.9 Å². The van der Waals surface area contributed by atoms with Crippen LogP contribution in [0.2, 0.25) is 0 Å². The summed E-state index contributed by atoms with van der Waals surface area (Å²) in [5, 5.41) is 16.7. The monoisotopic (exact) mass is 535 g/mol. The molecule has 4 rings (SSSR count). The Kier molecular flexibility index (Phi) is 7.77. The molecule has 11 heteroatoms. The van der Waals surface area contributed by atoms with Crippen LogP contribution in [0.15, 0.2) is 65.1 Å². The minimum absolute atomic E-state index is 0.0232. The van der Waals surface area contributed by atoms with Gasteiger partial charge >= 0.3 is 0 Å². The van der Waals surface area contributed by atoms with Crippen LogP contribution in [0.25, 0.3) is 11.3 Å². The molecule has 0 atom stereocenters. The number of nitrogens with one attached hydrogen (secondary N) is 2. The average molecular weight is 536 g/mol. The van der Waals surface area contributed by atoms with Crippen molar-refractivity contribution in [2.75, 3.05) is 36.4 Å². The van der Waals surface area contributed by atoms with Crippen LogP contribution in [0.1, 0.15) is 31.3 Å². The van der Waals surface area contributed by atoms with Gasteiger partial charge in [-0.05, 0) is 48.6 Å². The molecule has 2 aromatic carbocycles. The van der Waals surface area contributed by atoms with E-state index in [1.807, 2.05) is 49.9 Å². The van der Waals surface area contributed by atoms with Crippen molar-refractivity contribution in [3.05, 3.63) is 76.5 Å². The summed E-state index contributed by atoms with van der Waals surface area (Å²) in [4.78, 5) is 39.8. The predicted molar refractivity (Wildman–Crippen MR) is 149 cm³/mol. The van der Waals surface area contributed by atoms with Crippen LogP contribution in [0.4, 0.5) is 17.1 Å². The van der Waals surface area contributed by atoms with Crippen LogP contribution >= 0.6 is 12.2 Å². The maximum atomic E-state index is 12.6. The van der Waals surface area contributed by atoms with Crippen molar-refractivity contribution in [3.63, 3.8) is 0 Å². The molecule has 0 spiro atoms. The second-order valence-electron chi connectivity index (χ2n) is 9.96. The number of carbonyl (C=O) groups is 2. The van der Waals surface area contributed by atoms with E-state index in [1.165, 1.54) is 18.2 Å². The van der Waals surface area contributed by atoms with E-state index < -0.39 is 10.8 Å². The molecule has 0 bridgehead atoms. The molecule has 2 heterocycles. The summed E-state index contributed by atoms with van der Waals surface area (Å²) in [5.41, 5.74) is 1.78. The lowest BCUT2D eigenvalue weighted by Crippen LogP contribution is -2.51. The Hall–Kier alpha value is -4.25. The number of furan rings is 1. The summed E-state index contributed by atoms with van der Waals surface area (Å²) in [6, 6.07) is 16.7. The molecule has 0 saturated carbocycles. The quantitative estimate of drug-likeness (QED) is 0.275. The number of carbonyl (C=O) groups excluding carboxylic acids is 2. The fraction of sp³-hybridized carbons (Fsp3) is 0.296. The third-order valence-corrected chi connectivity index (χ3v) is 6.30. The normalized spacial score (nSPS) is 13.7. The van der Waals surface area contributed by atoms with Crippen molar-refractivity contribution in [1.82, 2.24) is 10.2 Å². The van der Waals surface area contributed by atoms with Crippen LogP contribution in [0.3, 0.4) is 0 Å². The molecule has 1 fully saturated rings.